The Hall–Kier alpha value is -2.99. The fourth-order valence-electron chi connectivity index (χ4n) is 4.07. The molecule has 32 heavy (non-hydrogen) atoms. The molecule has 2 aromatic rings. The van der Waals surface area contributed by atoms with Crippen LogP contribution < -0.4 is 0 Å². The van der Waals surface area contributed by atoms with E-state index in [0.717, 1.165) is 24.2 Å². The number of Topliss-reactive ketones (excluding diaryl/α,β-unsaturated/α-hetero) is 1. The molecule has 3 rings (SSSR count). The number of likely N-dealkylation sites (tertiary alicyclic amines) is 1. The number of hydrogen-bond acceptors (Lipinski definition) is 4. The lowest BCUT2D eigenvalue weighted by atomic mass is 9.93. The zero-order valence-corrected chi connectivity index (χ0v) is 19.1. The number of rotatable bonds is 8. The minimum Gasteiger partial charge on any atom is -0.507 e. The first-order chi connectivity index (χ1) is 15.3. The van der Waals surface area contributed by atoms with Crippen molar-refractivity contribution in [2.45, 2.75) is 39.7 Å². The molecular weight excluding hydrogens is 407 g/mol. The number of ketones is 1. The van der Waals surface area contributed by atoms with Crippen LogP contribution in [0.5, 0.6) is 0 Å². The Morgan fingerprint density at radius 1 is 1.03 bits per heavy atom. The summed E-state index contributed by atoms with van der Waals surface area (Å²) in [5, 5.41) is 11.0. The van der Waals surface area contributed by atoms with E-state index in [0.29, 0.717) is 24.6 Å². The summed E-state index contributed by atoms with van der Waals surface area (Å²) in [4.78, 5) is 29.8. The first-order valence-electron chi connectivity index (χ1n) is 11.1. The molecule has 6 heteroatoms. The molecule has 0 bridgehead atoms. The van der Waals surface area contributed by atoms with E-state index in [9.17, 15) is 19.1 Å². The third kappa shape index (κ3) is 4.75. The highest BCUT2D eigenvalue weighted by atomic mass is 19.1. The normalized spacial score (nSPS) is 18.2. The van der Waals surface area contributed by atoms with Gasteiger partial charge in [-0.15, -0.1) is 0 Å². The molecule has 0 radical (unpaired) electrons. The van der Waals surface area contributed by atoms with Crippen LogP contribution in [0.25, 0.3) is 5.76 Å². The second-order valence-electron chi connectivity index (χ2n) is 8.35. The minimum atomic E-state index is -0.718. The molecule has 1 fully saturated rings. The molecule has 1 atom stereocenters. The third-order valence-electron chi connectivity index (χ3n) is 6.13. The van der Waals surface area contributed by atoms with Crippen LogP contribution in [0.3, 0.4) is 0 Å². The van der Waals surface area contributed by atoms with E-state index in [4.69, 9.17) is 0 Å². The highest BCUT2D eigenvalue weighted by molar-refractivity contribution is 6.46. The summed E-state index contributed by atoms with van der Waals surface area (Å²) in [5.74, 6) is -1.73. The van der Waals surface area contributed by atoms with E-state index in [1.54, 1.807) is 4.90 Å². The number of likely N-dealkylation sites (N-methyl/N-ethyl adjacent to an activating group) is 1. The lowest BCUT2D eigenvalue weighted by Gasteiger charge is -2.28. The molecule has 1 amide bonds. The molecule has 2 aromatic carbocycles. The molecule has 1 saturated heterocycles. The lowest BCUT2D eigenvalue weighted by molar-refractivity contribution is -0.140. The van der Waals surface area contributed by atoms with Crippen LogP contribution in [0.4, 0.5) is 4.39 Å². The van der Waals surface area contributed by atoms with E-state index in [-0.39, 0.29) is 11.3 Å². The number of benzene rings is 2. The van der Waals surface area contributed by atoms with Crippen LogP contribution in [0.15, 0.2) is 54.1 Å². The van der Waals surface area contributed by atoms with Crippen LogP contribution >= 0.6 is 0 Å². The number of carbonyl (C=O) groups excluding carboxylic acids is 2. The molecule has 0 saturated carbocycles. The Morgan fingerprint density at radius 2 is 1.62 bits per heavy atom. The van der Waals surface area contributed by atoms with Gasteiger partial charge >= 0.3 is 0 Å². The molecule has 1 aliphatic rings. The first-order valence-corrected chi connectivity index (χ1v) is 11.1. The zero-order chi connectivity index (χ0) is 23.4. The Labute approximate surface area is 189 Å². The Bertz CT molecular complexity index is 993. The number of aliphatic hydroxyl groups excluding tert-OH is 1. The maximum absolute atomic E-state index is 13.4. The van der Waals surface area contributed by atoms with Gasteiger partial charge in [-0.25, -0.2) is 4.39 Å². The van der Waals surface area contributed by atoms with Gasteiger partial charge in [0.05, 0.1) is 11.6 Å². The van der Waals surface area contributed by atoms with Crippen LogP contribution in [0, 0.1) is 5.82 Å². The fourth-order valence-corrected chi connectivity index (χ4v) is 4.07. The molecule has 0 spiro atoms. The topological polar surface area (TPSA) is 60.9 Å². The number of aliphatic hydroxyl groups is 1. The largest absolute Gasteiger partial charge is 0.507 e. The smallest absolute Gasteiger partial charge is 0.295 e. The molecule has 0 aromatic heterocycles. The number of nitrogens with zero attached hydrogens (tertiary/aromatic N) is 2. The van der Waals surface area contributed by atoms with Crippen molar-refractivity contribution in [1.29, 1.82) is 0 Å². The minimum absolute atomic E-state index is 0.0402. The van der Waals surface area contributed by atoms with Gasteiger partial charge in [-0.05, 0) is 54.4 Å². The molecule has 1 heterocycles. The number of carbonyl (C=O) groups is 2. The van der Waals surface area contributed by atoms with Gasteiger partial charge in [-0.1, -0.05) is 52.0 Å². The molecular formula is C26H31FN2O3. The monoisotopic (exact) mass is 438 g/mol. The summed E-state index contributed by atoms with van der Waals surface area (Å²) in [6, 6.07) is 12.4. The summed E-state index contributed by atoms with van der Waals surface area (Å²) in [6.45, 7) is 11.0. The van der Waals surface area contributed by atoms with Gasteiger partial charge in [0.15, 0.2) is 0 Å². The van der Waals surface area contributed by atoms with Gasteiger partial charge in [0, 0.05) is 18.7 Å². The maximum Gasteiger partial charge on any atom is 0.295 e. The quantitative estimate of drug-likeness (QED) is 0.368. The van der Waals surface area contributed by atoms with Crippen molar-refractivity contribution < 1.29 is 19.1 Å². The van der Waals surface area contributed by atoms with E-state index < -0.39 is 23.5 Å². The summed E-state index contributed by atoms with van der Waals surface area (Å²) >= 11 is 0. The predicted octanol–water partition coefficient (Wildman–Crippen LogP) is 4.71. The van der Waals surface area contributed by atoms with Gasteiger partial charge < -0.3 is 14.9 Å². The lowest BCUT2D eigenvalue weighted by Crippen LogP contribution is -2.38. The van der Waals surface area contributed by atoms with Crippen molar-refractivity contribution in [2.24, 2.45) is 0 Å². The van der Waals surface area contributed by atoms with Crippen molar-refractivity contribution in [3.05, 3.63) is 76.6 Å². The Kier molecular flexibility index (Phi) is 7.46. The SMILES string of the molecule is CCN(CC)CCN1C(=O)C(=O)/C(=C(/O)c2ccc(F)cc2)[C@H]1c1ccc(C(C)C)cc1. The van der Waals surface area contributed by atoms with Gasteiger partial charge in [0.25, 0.3) is 11.7 Å². The Balaban J connectivity index is 2.09. The summed E-state index contributed by atoms with van der Waals surface area (Å²) in [7, 11) is 0. The molecule has 170 valence electrons. The van der Waals surface area contributed by atoms with E-state index in [1.165, 1.54) is 24.3 Å². The average molecular weight is 439 g/mol. The maximum atomic E-state index is 13.4. The van der Waals surface area contributed by atoms with Crippen molar-refractivity contribution in [2.75, 3.05) is 26.2 Å². The number of amides is 1. The van der Waals surface area contributed by atoms with Crippen molar-refractivity contribution in [1.82, 2.24) is 9.80 Å². The zero-order valence-electron chi connectivity index (χ0n) is 19.1. The Morgan fingerprint density at radius 3 is 2.16 bits per heavy atom. The van der Waals surface area contributed by atoms with Gasteiger partial charge in [0.1, 0.15) is 11.6 Å². The van der Waals surface area contributed by atoms with Crippen LogP contribution in [0.1, 0.15) is 56.3 Å². The van der Waals surface area contributed by atoms with Crippen molar-refractivity contribution in [3.63, 3.8) is 0 Å². The van der Waals surface area contributed by atoms with E-state index in [1.807, 2.05) is 38.1 Å². The number of halogens is 1. The molecule has 0 unspecified atom stereocenters. The van der Waals surface area contributed by atoms with Crippen LogP contribution in [0.2, 0.25) is 0 Å². The van der Waals surface area contributed by atoms with Gasteiger partial charge in [-0.3, -0.25) is 9.59 Å². The van der Waals surface area contributed by atoms with Crippen molar-refractivity contribution >= 4 is 17.4 Å². The van der Waals surface area contributed by atoms with Gasteiger partial charge in [0.2, 0.25) is 0 Å². The summed E-state index contributed by atoms with van der Waals surface area (Å²) in [6.07, 6.45) is 0. The van der Waals surface area contributed by atoms with Gasteiger partial charge in [-0.2, -0.15) is 0 Å². The molecule has 1 N–H and O–H groups in total. The summed E-state index contributed by atoms with van der Waals surface area (Å²) < 4.78 is 13.4. The first kappa shape index (κ1) is 23.7. The number of hydrogen-bond donors (Lipinski definition) is 1. The van der Waals surface area contributed by atoms with E-state index >= 15 is 0 Å². The van der Waals surface area contributed by atoms with Crippen LogP contribution in [-0.4, -0.2) is 52.8 Å². The predicted molar refractivity (Wildman–Crippen MR) is 124 cm³/mol. The molecule has 5 nitrogen and oxygen atoms in total. The highest BCUT2D eigenvalue weighted by Crippen LogP contribution is 2.39. The molecule has 0 aliphatic carbocycles. The third-order valence-corrected chi connectivity index (χ3v) is 6.13. The van der Waals surface area contributed by atoms with E-state index in [2.05, 4.69) is 18.7 Å². The van der Waals surface area contributed by atoms with Crippen molar-refractivity contribution in [3.8, 4) is 0 Å². The second kappa shape index (κ2) is 10.1. The highest BCUT2D eigenvalue weighted by Gasteiger charge is 2.45. The fraction of sp³-hybridized carbons (Fsp3) is 0.385. The average Bonchev–Trinajstić information content (AvgIpc) is 3.04. The standard InChI is InChI=1S/C26H31FN2O3/c1-5-28(6-2)15-16-29-23(19-9-7-18(8-10-19)17(3)4)22(25(31)26(29)32)24(30)20-11-13-21(27)14-12-20/h7-14,17,23,30H,5-6,15-16H2,1-4H3/b24-22+/t23-/m1/s1. The second-order valence-corrected chi connectivity index (χ2v) is 8.35. The van der Waals surface area contributed by atoms with Crippen LogP contribution in [-0.2, 0) is 9.59 Å². The summed E-state index contributed by atoms with van der Waals surface area (Å²) in [5.41, 5.74) is 2.25. The molecule has 1 aliphatic heterocycles.